The number of allylic oxidation sites excluding steroid dienone is 2. The van der Waals surface area contributed by atoms with Crippen molar-refractivity contribution in [2.24, 2.45) is 0 Å². The monoisotopic (exact) mass is 498 g/mol. The number of carbonyl (C=O) groups is 2. The van der Waals surface area contributed by atoms with Gasteiger partial charge < -0.3 is 14.8 Å². The maximum Gasteiger partial charge on any atom is 0.336 e. The number of halogens is 1. The molecule has 2 rings (SSSR count). The first-order valence-electron chi connectivity index (χ1n) is 8.64. The summed E-state index contributed by atoms with van der Waals surface area (Å²) in [4.78, 5) is 36.1. The fourth-order valence-corrected chi connectivity index (χ4v) is 3.32. The number of benzene rings is 1. The van der Waals surface area contributed by atoms with Crippen LogP contribution in [0.3, 0.4) is 0 Å². The highest BCUT2D eigenvalue weighted by atomic mass is 125. The average Bonchev–Trinajstić information content (AvgIpc) is 2.65. The van der Waals surface area contributed by atoms with Gasteiger partial charge >= 0.3 is 11.9 Å². The number of carbonyl (C=O) groups excluding carboxylic acids is 2. The number of alkyl halides is 1. The first kappa shape index (κ1) is 21.9. The second-order valence-corrected chi connectivity index (χ2v) is 7.11. The van der Waals surface area contributed by atoms with E-state index in [2.05, 4.69) is 27.9 Å². The zero-order valence-corrected chi connectivity index (χ0v) is 17.9. The van der Waals surface area contributed by atoms with Gasteiger partial charge in [-0.15, -0.1) is 0 Å². The molecular formula is C19H21IN2O6. The lowest BCUT2D eigenvalue weighted by Gasteiger charge is -2.30. The molecule has 8 nitrogen and oxygen atoms in total. The van der Waals surface area contributed by atoms with E-state index in [1.807, 2.05) is 0 Å². The van der Waals surface area contributed by atoms with Gasteiger partial charge in [-0.25, -0.2) is 9.59 Å². The molecule has 150 valence electrons. The number of ether oxygens (including phenoxy) is 2. The summed E-state index contributed by atoms with van der Waals surface area (Å²) in [6.07, 6.45) is 0. The van der Waals surface area contributed by atoms with Crippen molar-refractivity contribution in [3.63, 3.8) is 0 Å². The Labute approximate surface area is 176 Å². The van der Waals surface area contributed by atoms with Crippen molar-refractivity contribution in [1.82, 2.24) is 5.32 Å². The fraction of sp³-hybridized carbons (Fsp3) is 0.368. The molecule has 0 radical (unpaired) electrons. The summed E-state index contributed by atoms with van der Waals surface area (Å²) in [5.74, 6) is -2.00. The van der Waals surface area contributed by atoms with Crippen molar-refractivity contribution < 1.29 is 24.0 Å². The molecule has 0 fully saturated rings. The Balaban J connectivity index is 2.65. The third-order valence-electron chi connectivity index (χ3n) is 4.20. The zero-order valence-electron chi connectivity index (χ0n) is 15.8. The summed E-state index contributed by atoms with van der Waals surface area (Å²) in [6.45, 7) is 5.47. The van der Waals surface area contributed by atoms with Gasteiger partial charge in [0.15, 0.2) is 0 Å². The van der Waals surface area contributed by atoms with Crippen molar-refractivity contribution >= 4 is 40.2 Å². The molecule has 0 spiro atoms. The third-order valence-corrected chi connectivity index (χ3v) is 4.64. The molecule has 1 aliphatic rings. The molecular weight excluding hydrogens is 477 g/mol. The second kappa shape index (κ2) is 9.67. The molecule has 9 heteroatoms. The van der Waals surface area contributed by atoms with Crippen molar-refractivity contribution in [3.05, 3.63) is 62.5 Å². The SMILES string of the molecule is CCOC(=O)C1=C(C)NC(C)=C(C(=O)OCC[125I])C1c1cccc([N+](=O)[O-])c1. The Bertz CT molecular complexity index is 862. The largest absolute Gasteiger partial charge is 0.463 e. The van der Waals surface area contributed by atoms with Crippen LogP contribution in [0.15, 0.2) is 46.8 Å². The van der Waals surface area contributed by atoms with Crippen LogP contribution in [0.25, 0.3) is 0 Å². The Kier molecular flexibility index (Phi) is 7.55. The van der Waals surface area contributed by atoms with E-state index in [1.54, 1.807) is 26.8 Å². The van der Waals surface area contributed by atoms with Crippen LogP contribution in [0, 0.1) is 10.1 Å². The minimum absolute atomic E-state index is 0.130. The molecule has 28 heavy (non-hydrogen) atoms. The second-order valence-electron chi connectivity index (χ2n) is 6.03. The number of rotatable bonds is 7. The van der Waals surface area contributed by atoms with Gasteiger partial charge in [0.25, 0.3) is 5.69 Å². The summed E-state index contributed by atoms with van der Waals surface area (Å²) < 4.78 is 11.1. The van der Waals surface area contributed by atoms with E-state index >= 15 is 0 Å². The highest BCUT2D eigenvalue weighted by molar-refractivity contribution is 14.1. The van der Waals surface area contributed by atoms with Crippen LogP contribution < -0.4 is 5.32 Å². The summed E-state index contributed by atoms with van der Waals surface area (Å²) in [6, 6.07) is 5.89. The van der Waals surface area contributed by atoms with Gasteiger partial charge in [0.2, 0.25) is 0 Å². The normalized spacial score (nSPS) is 16.5. The lowest BCUT2D eigenvalue weighted by atomic mass is 9.80. The first-order valence-corrected chi connectivity index (χ1v) is 10.2. The maximum absolute atomic E-state index is 12.8. The van der Waals surface area contributed by atoms with Crippen LogP contribution in [0.4, 0.5) is 5.69 Å². The molecule has 1 aromatic rings. The molecule has 1 heterocycles. The van der Waals surface area contributed by atoms with E-state index in [0.717, 1.165) is 0 Å². The predicted molar refractivity (Wildman–Crippen MR) is 111 cm³/mol. The molecule has 0 aromatic heterocycles. The highest BCUT2D eigenvalue weighted by Crippen LogP contribution is 2.40. The molecule has 0 saturated heterocycles. The summed E-state index contributed by atoms with van der Waals surface area (Å²) in [5, 5.41) is 14.3. The van der Waals surface area contributed by atoms with E-state index in [0.29, 0.717) is 21.4 Å². The molecule has 1 atom stereocenters. The van der Waals surface area contributed by atoms with Crippen LogP contribution in [-0.2, 0) is 19.1 Å². The lowest BCUT2D eigenvalue weighted by Crippen LogP contribution is -2.32. The minimum Gasteiger partial charge on any atom is -0.463 e. The van der Waals surface area contributed by atoms with E-state index in [4.69, 9.17) is 9.47 Å². The Morgan fingerprint density at radius 2 is 1.79 bits per heavy atom. The number of nitro groups is 1. The number of esters is 2. The van der Waals surface area contributed by atoms with Gasteiger partial charge in [-0.1, -0.05) is 34.7 Å². The molecule has 1 aliphatic heterocycles. The van der Waals surface area contributed by atoms with E-state index in [9.17, 15) is 19.7 Å². The van der Waals surface area contributed by atoms with Gasteiger partial charge in [0.05, 0.1) is 28.6 Å². The smallest absolute Gasteiger partial charge is 0.336 e. The molecule has 1 unspecified atom stereocenters. The van der Waals surface area contributed by atoms with Gasteiger partial charge in [-0.2, -0.15) is 0 Å². The molecule has 1 N–H and O–H groups in total. The van der Waals surface area contributed by atoms with Gasteiger partial charge in [-0.05, 0) is 26.3 Å². The molecule has 0 bridgehead atoms. The number of nitro benzene ring substituents is 1. The van der Waals surface area contributed by atoms with E-state index < -0.39 is 22.8 Å². The number of nitrogens with one attached hydrogen (secondary N) is 1. The van der Waals surface area contributed by atoms with Crippen molar-refractivity contribution in [2.45, 2.75) is 26.7 Å². The third kappa shape index (κ3) is 4.70. The van der Waals surface area contributed by atoms with Crippen molar-refractivity contribution in [3.8, 4) is 0 Å². The lowest BCUT2D eigenvalue weighted by molar-refractivity contribution is -0.384. The van der Waals surface area contributed by atoms with Crippen molar-refractivity contribution in [1.29, 1.82) is 0 Å². The van der Waals surface area contributed by atoms with Crippen LogP contribution in [-0.4, -0.2) is 34.5 Å². The summed E-state index contributed by atoms with van der Waals surface area (Å²) >= 11 is 2.09. The number of non-ortho nitro benzene ring substituents is 1. The molecule has 0 aliphatic carbocycles. The highest BCUT2D eigenvalue weighted by Gasteiger charge is 2.38. The van der Waals surface area contributed by atoms with Crippen LogP contribution >= 0.6 is 22.6 Å². The van der Waals surface area contributed by atoms with Crippen LogP contribution in [0.5, 0.6) is 0 Å². The van der Waals surface area contributed by atoms with Gasteiger partial charge in [0.1, 0.15) is 6.61 Å². The van der Waals surface area contributed by atoms with E-state index in [1.165, 1.54) is 18.2 Å². The first-order chi connectivity index (χ1) is 13.3. The topological polar surface area (TPSA) is 108 Å². The standard InChI is InChI=1S/C19H21IN2O6/c1-4-27-18(23)15-11(2)21-12(3)16(19(24)28-9-8-20)17(15)13-6-5-7-14(10-13)22(25)26/h5-7,10,17,21H,4,8-9H2,1-3H3/i20-2. The van der Waals surface area contributed by atoms with Gasteiger partial charge in [0, 0.05) is 28.0 Å². The molecule has 1 aromatic carbocycles. The summed E-state index contributed by atoms with van der Waals surface area (Å²) in [5.41, 5.74) is 1.83. The maximum atomic E-state index is 12.8. The Morgan fingerprint density at radius 1 is 1.18 bits per heavy atom. The molecule has 0 saturated carbocycles. The quantitative estimate of drug-likeness (QED) is 0.202. The van der Waals surface area contributed by atoms with Gasteiger partial charge in [-0.3, -0.25) is 10.1 Å². The number of nitrogens with zero attached hydrogens (tertiary/aromatic N) is 1. The predicted octanol–water partition coefficient (Wildman–Crippen LogP) is 3.37. The minimum atomic E-state index is -0.832. The Hall–Kier alpha value is -2.43. The average molecular weight is 498 g/mol. The number of dihydropyridines is 1. The number of hydrogen-bond donors (Lipinski definition) is 1. The van der Waals surface area contributed by atoms with E-state index in [-0.39, 0.29) is 30.0 Å². The fourth-order valence-electron chi connectivity index (χ4n) is 3.10. The van der Waals surface area contributed by atoms with Crippen molar-refractivity contribution in [2.75, 3.05) is 17.6 Å². The van der Waals surface area contributed by atoms with Crippen LogP contribution in [0.1, 0.15) is 32.3 Å². The van der Waals surface area contributed by atoms with Crippen LogP contribution in [0.2, 0.25) is 0 Å². The number of hydrogen-bond acceptors (Lipinski definition) is 7. The Morgan fingerprint density at radius 3 is 2.32 bits per heavy atom. The summed E-state index contributed by atoms with van der Waals surface area (Å²) in [7, 11) is 0. The zero-order chi connectivity index (χ0) is 20.8. The molecule has 0 amide bonds.